The van der Waals surface area contributed by atoms with Crippen LogP contribution in [-0.4, -0.2) is 29.8 Å². The predicted octanol–water partition coefficient (Wildman–Crippen LogP) is 7.42. The molecule has 1 aliphatic heterocycles. The van der Waals surface area contributed by atoms with E-state index in [1.54, 1.807) is 30.1 Å². The van der Waals surface area contributed by atoms with Gasteiger partial charge in [0.15, 0.2) is 0 Å². The Kier molecular flexibility index (Phi) is 7.16. The van der Waals surface area contributed by atoms with Gasteiger partial charge in [0.05, 0.1) is 17.5 Å². The highest BCUT2D eigenvalue weighted by molar-refractivity contribution is 7.80. The van der Waals surface area contributed by atoms with Crippen LogP contribution in [0.2, 0.25) is 0 Å². The zero-order chi connectivity index (χ0) is 25.9. The van der Waals surface area contributed by atoms with Gasteiger partial charge in [-0.15, -0.1) is 24.0 Å². The minimum absolute atomic E-state index is 0.186. The summed E-state index contributed by atoms with van der Waals surface area (Å²) in [6.07, 6.45) is 0.472. The van der Waals surface area contributed by atoms with Crippen LogP contribution in [0.1, 0.15) is 25.5 Å². The first-order valence-corrected chi connectivity index (χ1v) is 13.0. The second kappa shape index (κ2) is 10.7. The Hall–Kier alpha value is -3.82. The quantitative estimate of drug-likeness (QED) is 0.253. The molecule has 2 heterocycles. The number of nitrogens with zero attached hydrogens (tertiary/aromatic N) is 2. The first-order chi connectivity index (χ1) is 17.9. The van der Waals surface area contributed by atoms with Gasteiger partial charge in [0.2, 0.25) is 0 Å². The summed E-state index contributed by atoms with van der Waals surface area (Å²) in [6.45, 7) is 4.04. The van der Waals surface area contributed by atoms with Crippen LogP contribution >= 0.6 is 24.0 Å². The third kappa shape index (κ3) is 5.63. The lowest BCUT2D eigenvalue weighted by molar-refractivity contribution is 0.130. The molecule has 0 spiro atoms. The molecule has 1 atom stereocenters. The van der Waals surface area contributed by atoms with Crippen molar-refractivity contribution in [1.29, 1.82) is 0 Å². The minimum Gasteiger partial charge on any atom is -0.447 e. The lowest BCUT2D eigenvalue weighted by atomic mass is 10.1. The lowest BCUT2D eigenvalue weighted by Crippen LogP contribution is -2.23. The molecule has 1 N–H and O–H groups in total. The number of hydrogen-bond donors (Lipinski definition) is 2. The second-order valence-electron chi connectivity index (χ2n) is 8.78. The van der Waals surface area contributed by atoms with Crippen LogP contribution in [0.3, 0.4) is 0 Å². The highest BCUT2D eigenvalue weighted by atomic mass is 32.1. The molecule has 3 aromatic carbocycles. The molecule has 1 unspecified atom stereocenters. The summed E-state index contributed by atoms with van der Waals surface area (Å²) in [7, 11) is 0. The molecule has 9 heteroatoms. The first kappa shape index (κ1) is 24.9. The number of nitrogens with one attached hydrogen (secondary N) is 1. The summed E-state index contributed by atoms with van der Waals surface area (Å²) in [4.78, 5) is 32.3. The van der Waals surface area contributed by atoms with Gasteiger partial charge in [0, 0.05) is 33.6 Å². The third-order valence-corrected chi connectivity index (χ3v) is 7.22. The summed E-state index contributed by atoms with van der Waals surface area (Å²) in [5, 5.41) is 3.55. The molecule has 0 bridgehead atoms. The van der Waals surface area contributed by atoms with E-state index in [-0.39, 0.29) is 18.3 Å². The van der Waals surface area contributed by atoms with Gasteiger partial charge < -0.3 is 9.47 Å². The van der Waals surface area contributed by atoms with Gasteiger partial charge in [-0.3, -0.25) is 10.2 Å². The fraction of sp³-hybridized carbons (Fsp3) is 0.179. The maximum atomic E-state index is 12.6. The lowest BCUT2D eigenvalue weighted by Gasteiger charge is -2.15. The third-order valence-electron chi connectivity index (χ3n) is 5.77. The van der Waals surface area contributed by atoms with Gasteiger partial charge in [-0.25, -0.2) is 14.6 Å². The number of amides is 2. The molecule has 1 aromatic heterocycles. The van der Waals surface area contributed by atoms with Crippen LogP contribution in [-0.2, 0) is 9.47 Å². The van der Waals surface area contributed by atoms with E-state index in [1.165, 1.54) is 0 Å². The van der Waals surface area contributed by atoms with Crippen molar-refractivity contribution in [1.82, 2.24) is 4.98 Å². The van der Waals surface area contributed by atoms with Crippen molar-refractivity contribution in [2.45, 2.75) is 31.0 Å². The number of anilines is 2. The van der Waals surface area contributed by atoms with Crippen molar-refractivity contribution in [3.05, 3.63) is 84.6 Å². The average Bonchev–Trinajstić information content (AvgIpc) is 3.52. The molecule has 0 saturated carbocycles. The van der Waals surface area contributed by atoms with Crippen molar-refractivity contribution in [3.63, 3.8) is 0 Å². The zero-order valence-corrected chi connectivity index (χ0v) is 22.0. The number of aromatic nitrogens is 1. The second-order valence-corrected chi connectivity index (χ2v) is 10.3. The van der Waals surface area contributed by atoms with E-state index in [9.17, 15) is 9.59 Å². The molecule has 4 aromatic rings. The van der Waals surface area contributed by atoms with Gasteiger partial charge >= 0.3 is 12.2 Å². The molecule has 5 rings (SSSR count). The van der Waals surface area contributed by atoms with Crippen LogP contribution in [0.15, 0.2) is 83.9 Å². The van der Waals surface area contributed by atoms with E-state index < -0.39 is 6.09 Å². The molecule has 0 radical (unpaired) electrons. The van der Waals surface area contributed by atoms with E-state index in [2.05, 4.69) is 10.3 Å². The van der Waals surface area contributed by atoms with Crippen LogP contribution in [0.4, 0.5) is 21.0 Å². The van der Waals surface area contributed by atoms with Gasteiger partial charge in [-0.1, -0.05) is 36.4 Å². The highest BCUT2D eigenvalue weighted by Crippen LogP contribution is 2.38. The number of rotatable bonds is 6. The van der Waals surface area contributed by atoms with Crippen molar-refractivity contribution in [3.8, 4) is 21.0 Å². The zero-order valence-electron chi connectivity index (χ0n) is 20.3. The number of hydrogen-bond acceptors (Lipinski definition) is 7. The molecule has 188 valence electrons. The van der Waals surface area contributed by atoms with Crippen LogP contribution < -0.4 is 10.2 Å². The predicted molar refractivity (Wildman–Crippen MR) is 148 cm³/mol. The van der Waals surface area contributed by atoms with E-state index in [0.29, 0.717) is 12.2 Å². The smallest absolute Gasteiger partial charge is 0.415 e. The van der Waals surface area contributed by atoms with Gasteiger partial charge in [0.25, 0.3) is 0 Å². The van der Waals surface area contributed by atoms with Crippen molar-refractivity contribution >= 4 is 47.5 Å². The summed E-state index contributed by atoms with van der Waals surface area (Å²) < 4.78 is 10.7. The van der Waals surface area contributed by atoms with E-state index in [4.69, 9.17) is 22.1 Å². The van der Waals surface area contributed by atoms with Crippen molar-refractivity contribution in [2.24, 2.45) is 0 Å². The van der Waals surface area contributed by atoms with Crippen LogP contribution in [0, 0.1) is 0 Å². The fourth-order valence-corrected chi connectivity index (χ4v) is 5.36. The molecule has 37 heavy (non-hydrogen) atoms. The van der Waals surface area contributed by atoms with Gasteiger partial charge in [-0.05, 0) is 55.8 Å². The summed E-state index contributed by atoms with van der Waals surface area (Å²) in [5.41, 5.74) is 4.22. The molecule has 0 aliphatic carbocycles. The minimum atomic E-state index is -0.484. The molecule has 1 saturated heterocycles. The number of carbonyl (C=O) groups excluding carboxylic acids is 2. The highest BCUT2D eigenvalue weighted by Gasteiger charge is 2.33. The summed E-state index contributed by atoms with van der Waals surface area (Å²) in [6, 6.07) is 22.9. The molecule has 1 fully saturated rings. The number of ether oxygens (including phenoxy) is 2. The number of cyclic esters (lactones) is 1. The first-order valence-electron chi connectivity index (χ1n) is 11.8. The van der Waals surface area contributed by atoms with E-state index in [1.807, 2.05) is 79.0 Å². The molecular weight excluding hydrogens is 506 g/mol. The Morgan fingerprint density at radius 2 is 1.89 bits per heavy atom. The Balaban J connectivity index is 1.29. The Morgan fingerprint density at radius 3 is 2.59 bits per heavy atom. The monoisotopic (exact) mass is 531 g/mol. The largest absolute Gasteiger partial charge is 0.447 e. The Labute approximate surface area is 224 Å². The molecular formula is C28H25N3O4S2. The maximum absolute atomic E-state index is 12.6. The van der Waals surface area contributed by atoms with Crippen LogP contribution in [0.5, 0.6) is 0 Å². The Bertz CT molecular complexity index is 1420. The summed E-state index contributed by atoms with van der Waals surface area (Å²) >= 11 is 6.25. The van der Waals surface area contributed by atoms with Crippen molar-refractivity contribution in [2.75, 3.05) is 16.8 Å². The number of thiol groups is 1. The summed E-state index contributed by atoms with van der Waals surface area (Å²) in [5.74, 6) is 0. The topological polar surface area (TPSA) is 80.8 Å². The van der Waals surface area contributed by atoms with E-state index >= 15 is 0 Å². The number of benzene rings is 3. The fourth-order valence-electron chi connectivity index (χ4n) is 4.00. The molecule has 1 aliphatic rings. The standard InChI is InChI=1S/C28H25N3O4S2/c1-17(2)34-27(32)30-20-10-8-19(9-11-20)26-29-15-25(37-26)22-13-12-21(14-24(22)36)31-16-23(35-28(31)33)18-6-4-3-5-7-18/h3-15,17,23,36H,16H2,1-2H3,(H,30,32). The molecule has 7 nitrogen and oxygen atoms in total. The number of thiazole rings is 1. The normalized spacial score (nSPS) is 15.1. The van der Waals surface area contributed by atoms with Crippen LogP contribution in [0.25, 0.3) is 21.0 Å². The molecule has 2 amide bonds. The van der Waals surface area contributed by atoms with Gasteiger partial charge in [-0.2, -0.15) is 0 Å². The van der Waals surface area contributed by atoms with Crippen molar-refractivity contribution < 1.29 is 19.1 Å². The SMILES string of the molecule is CC(C)OC(=O)Nc1ccc(-c2ncc(-c3ccc(N4CC(c5ccccc5)OC4=O)cc3S)s2)cc1. The maximum Gasteiger partial charge on any atom is 0.415 e. The average molecular weight is 532 g/mol. The van der Waals surface area contributed by atoms with Gasteiger partial charge in [0.1, 0.15) is 11.1 Å². The number of carbonyl (C=O) groups is 2. The Morgan fingerprint density at radius 1 is 1.14 bits per heavy atom. The van der Waals surface area contributed by atoms with E-state index in [0.717, 1.165) is 37.2 Å².